The third-order valence-electron chi connectivity index (χ3n) is 3.70. The van der Waals surface area contributed by atoms with Gasteiger partial charge < -0.3 is 10.6 Å². The molecule has 0 aromatic heterocycles. The fourth-order valence-corrected chi connectivity index (χ4v) is 2.57. The van der Waals surface area contributed by atoms with E-state index in [2.05, 4.69) is 16.0 Å². The molecule has 0 saturated heterocycles. The van der Waals surface area contributed by atoms with Gasteiger partial charge in [0.05, 0.1) is 0 Å². The molecule has 2 amide bonds. The number of benzene rings is 3. The molecule has 0 unspecified atom stereocenters. The number of carbonyl (C=O) groups is 2. The number of anilines is 2. The summed E-state index contributed by atoms with van der Waals surface area (Å²) in [4.78, 5) is 24.2. The summed E-state index contributed by atoms with van der Waals surface area (Å²) in [5.41, 5.74) is 2.48. The topological polar surface area (TPSA) is 70.2 Å². The van der Waals surface area contributed by atoms with Crippen LogP contribution in [0.3, 0.4) is 0 Å². The Hall–Kier alpha value is -3.51. The monoisotopic (exact) mass is 375 g/mol. The number of nitrogens with one attached hydrogen (secondary N) is 3. The van der Waals surface area contributed by atoms with Crippen LogP contribution in [0.2, 0.25) is 0 Å². The third kappa shape index (κ3) is 5.23. The fraction of sp³-hybridized carbons (Fsp3) is 0. The summed E-state index contributed by atoms with van der Waals surface area (Å²) >= 11 is 5.17. The van der Waals surface area contributed by atoms with Crippen molar-refractivity contribution < 1.29 is 9.59 Å². The first-order chi connectivity index (χ1) is 13.1. The first-order valence-corrected chi connectivity index (χ1v) is 8.66. The van der Waals surface area contributed by atoms with Gasteiger partial charge in [-0.25, -0.2) is 0 Å². The SMILES string of the molecule is O=C(NC(=S)Nc1ccc(NC(=O)c2ccccc2)cc1)c1ccccc1. The van der Waals surface area contributed by atoms with Gasteiger partial charge in [-0.1, -0.05) is 36.4 Å². The first kappa shape index (κ1) is 18.3. The van der Waals surface area contributed by atoms with Gasteiger partial charge in [0.2, 0.25) is 0 Å². The van der Waals surface area contributed by atoms with Crippen molar-refractivity contribution in [1.82, 2.24) is 5.32 Å². The predicted molar refractivity (Wildman–Crippen MR) is 111 cm³/mol. The molecule has 0 fully saturated rings. The lowest BCUT2D eigenvalue weighted by atomic mass is 10.2. The van der Waals surface area contributed by atoms with Gasteiger partial charge in [-0.3, -0.25) is 14.9 Å². The van der Waals surface area contributed by atoms with Crippen LogP contribution in [-0.4, -0.2) is 16.9 Å². The largest absolute Gasteiger partial charge is 0.332 e. The Morgan fingerprint density at radius 3 is 1.56 bits per heavy atom. The molecule has 3 aromatic rings. The van der Waals surface area contributed by atoms with Crippen molar-refractivity contribution in [3.8, 4) is 0 Å². The minimum Gasteiger partial charge on any atom is -0.332 e. The molecule has 3 rings (SSSR count). The zero-order valence-corrected chi connectivity index (χ0v) is 15.1. The molecule has 0 bridgehead atoms. The van der Waals surface area contributed by atoms with E-state index in [0.29, 0.717) is 22.5 Å². The highest BCUT2D eigenvalue weighted by Gasteiger charge is 2.08. The van der Waals surface area contributed by atoms with Crippen molar-refractivity contribution in [2.75, 3.05) is 10.6 Å². The van der Waals surface area contributed by atoms with E-state index in [1.165, 1.54) is 0 Å². The lowest BCUT2D eigenvalue weighted by molar-refractivity contribution is 0.0976. The smallest absolute Gasteiger partial charge is 0.257 e. The summed E-state index contributed by atoms with van der Waals surface area (Å²) in [6.07, 6.45) is 0. The van der Waals surface area contributed by atoms with E-state index in [0.717, 1.165) is 0 Å². The van der Waals surface area contributed by atoms with E-state index >= 15 is 0 Å². The van der Waals surface area contributed by atoms with Crippen LogP contribution in [-0.2, 0) is 0 Å². The predicted octanol–water partition coefficient (Wildman–Crippen LogP) is 4.07. The molecular formula is C21H17N3O2S. The zero-order valence-electron chi connectivity index (χ0n) is 14.3. The second-order valence-electron chi connectivity index (χ2n) is 5.67. The Labute approximate surface area is 162 Å². The maximum atomic E-state index is 12.1. The van der Waals surface area contributed by atoms with Gasteiger partial charge in [0.15, 0.2) is 5.11 Å². The second kappa shape index (κ2) is 8.73. The highest BCUT2D eigenvalue weighted by atomic mass is 32.1. The Balaban J connectivity index is 1.55. The molecule has 0 heterocycles. The Bertz CT molecular complexity index is 942. The average Bonchev–Trinajstić information content (AvgIpc) is 2.70. The van der Waals surface area contributed by atoms with E-state index in [9.17, 15) is 9.59 Å². The maximum Gasteiger partial charge on any atom is 0.257 e. The molecule has 3 aromatic carbocycles. The highest BCUT2D eigenvalue weighted by molar-refractivity contribution is 7.80. The average molecular weight is 375 g/mol. The van der Waals surface area contributed by atoms with Crippen molar-refractivity contribution in [2.45, 2.75) is 0 Å². The standard InChI is InChI=1S/C21H17N3O2S/c25-19(15-7-3-1-4-8-15)22-17-11-13-18(14-12-17)23-21(27)24-20(26)16-9-5-2-6-10-16/h1-14H,(H,22,25)(H2,23,24,26,27). The third-order valence-corrected chi connectivity index (χ3v) is 3.90. The van der Waals surface area contributed by atoms with Crippen LogP contribution in [0.5, 0.6) is 0 Å². The number of hydrogen-bond acceptors (Lipinski definition) is 3. The molecule has 0 saturated carbocycles. The van der Waals surface area contributed by atoms with E-state index < -0.39 is 0 Å². The fourth-order valence-electron chi connectivity index (χ4n) is 2.36. The summed E-state index contributed by atoms with van der Waals surface area (Å²) in [6.45, 7) is 0. The number of hydrogen-bond donors (Lipinski definition) is 3. The molecule has 0 aliphatic rings. The van der Waals surface area contributed by atoms with Crippen molar-refractivity contribution in [1.29, 1.82) is 0 Å². The molecule has 0 radical (unpaired) electrons. The second-order valence-corrected chi connectivity index (χ2v) is 6.08. The highest BCUT2D eigenvalue weighted by Crippen LogP contribution is 2.14. The number of thiocarbonyl (C=S) groups is 1. The number of amides is 2. The lowest BCUT2D eigenvalue weighted by Gasteiger charge is -2.11. The van der Waals surface area contributed by atoms with Gasteiger partial charge in [0, 0.05) is 22.5 Å². The van der Waals surface area contributed by atoms with Crippen LogP contribution >= 0.6 is 12.2 Å². The molecule has 3 N–H and O–H groups in total. The van der Waals surface area contributed by atoms with Crippen LogP contribution in [0.1, 0.15) is 20.7 Å². The van der Waals surface area contributed by atoms with E-state index in [1.54, 1.807) is 60.7 Å². The number of carbonyl (C=O) groups excluding carboxylic acids is 2. The Morgan fingerprint density at radius 1 is 0.593 bits per heavy atom. The van der Waals surface area contributed by atoms with Crippen LogP contribution in [0, 0.1) is 0 Å². The van der Waals surface area contributed by atoms with Crippen LogP contribution in [0.15, 0.2) is 84.9 Å². The van der Waals surface area contributed by atoms with Gasteiger partial charge in [-0.15, -0.1) is 0 Å². The van der Waals surface area contributed by atoms with E-state index in [1.807, 2.05) is 24.3 Å². The maximum absolute atomic E-state index is 12.1. The van der Waals surface area contributed by atoms with Crippen LogP contribution in [0.25, 0.3) is 0 Å². The molecule has 5 nitrogen and oxygen atoms in total. The molecule has 134 valence electrons. The summed E-state index contributed by atoms with van der Waals surface area (Å²) in [7, 11) is 0. The molecule has 0 aliphatic carbocycles. The van der Waals surface area contributed by atoms with Crippen LogP contribution < -0.4 is 16.0 Å². The Morgan fingerprint density at radius 2 is 1.04 bits per heavy atom. The first-order valence-electron chi connectivity index (χ1n) is 8.26. The summed E-state index contributed by atoms with van der Waals surface area (Å²) in [5.74, 6) is -0.457. The summed E-state index contributed by atoms with van der Waals surface area (Å²) in [5, 5.41) is 8.59. The van der Waals surface area contributed by atoms with Gasteiger partial charge in [0.25, 0.3) is 11.8 Å². The molecule has 6 heteroatoms. The van der Waals surface area contributed by atoms with Crippen LogP contribution in [0.4, 0.5) is 11.4 Å². The molecular weight excluding hydrogens is 358 g/mol. The summed E-state index contributed by atoms with van der Waals surface area (Å²) in [6, 6.07) is 24.9. The van der Waals surface area contributed by atoms with Crippen molar-refractivity contribution in [3.05, 3.63) is 96.1 Å². The van der Waals surface area contributed by atoms with Crippen molar-refractivity contribution in [3.63, 3.8) is 0 Å². The van der Waals surface area contributed by atoms with Gasteiger partial charge in [-0.2, -0.15) is 0 Å². The minimum absolute atomic E-state index is 0.179. The Kier molecular flexibility index (Phi) is 5.91. The molecule has 0 spiro atoms. The molecule has 27 heavy (non-hydrogen) atoms. The summed E-state index contributed by atoms with van der Waals surface area (Å²) < 4.78 is 0. The quantitative estimate of drug-likeness (QED) is 0.601. The zero-order chi connectivity index (χ0) is 19.1. The van der Waals surface area contributed by atoms with Gasteiger partial charge in [0.1, 0.15) is 0 Å². The number of rotatable bonds is 4. The molecule has 0 atom stereocenters. The van der Waals surface area contributed by atoms with Gasteiger partial charge >= 0.3 is 0 Å². The van der Waals surface area contributed by atoms with E-state index in [-0.39, 0.29) is 16.9 Å². The minimum atomic E-state index is -0.278. The lowest BCUT2D eigenvalue weighted by Crippen LogP contribution is -2.34. The van der Waals surface area contributed by atoms with Crippen molar-refractivity contribution in [2.24, 2.45) is 0 Å². The van der Waals surface area contributed by atoms with Crippen molar-refractivity contribution >= 4 is 40.5 Å². The van der Waals surface area contributed by atoms with E-state index in [4.69, 9.17) is 12.2 Å². The van der Waals surface area contributed by atoms with Gasteiger partial charge in [-0.05, 0) is 60.7 Å². The molecule has 0 aliphatic heterocycles. The normalized spacial score (nSPS) is 9.93.